The number of fused-ring (bicyclic) bond motifs is 1. The van der Waals surface area contributed by atoms with Crippen LogP contribution in [0.5, 0.6) is 0 Å². The quantitative estimate of drug-likeness (QED) is 0.653. The van der Waals surface area contributed by atoms with Crippen LogP contribution in [0.2, 0.25) is 0 Å². The lowest BCUT2D eigenvalue weighted by atomic mass is 9.80. The Labute approximate surface area is 125 Å². The van der Waals surface area contributed by atoms with Gasteiger partial charge in [-0.1, -0.05) is 12.1 Å². The van der Waals surface area contributed by atoms with Gasteiger partial charge in [0.15, 0.2) is 0 Å². The van der Waals surface area contributed by atoms with Gasteiger partial charge in [0.25, 0.3) is 0 Å². The summed E-state index contributed by atoms with van der Waals surface area (Å²) >= 11 is 0. The van der Waals surface area contributed by atoms with Gasteiger partial charge in [-0.3, -0.25) is 21.2 Å². The van der Waals surface area contributed by atoms with E-state index in [4.69, 9.17) is 5.84 Å². The number of nitrogens with one attached hydrogen (secondary N) is 1. The molecule has 2 aromatic heterocycles. The molecule has 0 aliphatic heterocycles. The Morgan fingerprint density at radius 3 is 2.90 bits per heavy atom. The fourth-order valence-electron chi connectivity index (χ4n) is 3.29. The van der Waals surface area contributed by atoms with E-state index >= 15 is 0 Å². The Hall–Kier alpha value is -1.78. The topological polar surface area (TPSA) is 63.8 Å². The minimum atomic E-state index is 0.251. The first-order valence-corrected chi connectivity index (χ1v) is 7.68. The number of hydrogen-bond acceptors (Lipinski definition) is 4. The highest BCUT2D eigenvalue weighted by molar-refractivity contribution is 5.27. The van der Waals surface area contributed by atoms with E-state index in [0.29, 0.717) is 5.92 Å². The van der Waals surface area contributed by atoms with Crippen molar-refractivity contribution >= 4 is 0 Å². The molecule has 2 heterocycles. The first kappa shape index (κ1) is 14.2. The SMILES string of the molecule is NNC(CCc1ccccn1)C1CCCc2cccnc21. The molecule has 0 radical (unpaired) electrons. The van der Waals surface area contributed by atoms with Crippen molar-refractivity contribution in [1.29, 1.82) is 0 Å². The van der Waals surface area contributed by atoms with Gasteiger partial charge in [-0.15, -0.1) is 0 Å². The fraction of sp³-hybridized carbons (Fsp3) is 0.412. The Balaban J connectivity index is 1.72. The van der Waals surface area contributed by atoms with Crippen LogP contribution in [0.25, 0.3) is 0 Å². The largest absolute Gasteiger partial charge is 0.271 e. The number of aryl methyl sites for hydroxylation is 2. The van der Waals surface area contributed by atoms with Crippen LogP contribution in [0.4, 0.5) is 0 Å². The van der Waals surface area contributed by atoms with Gasteiger partial charge in [0.1, 0.15) is 0 Å². The molecular weight excluding hydrogens is 260 g/mol. The van der Waals surface area contributed by atoms with Crippen molar-refractivity contribution in [1.82, 2.24) is 15.4 Å². The van der Waals surface area contributed by atoms with Gasteiger partial charge in [0.05, 0.1) is 0 Å². The molecular formula is C17H22N4. The summed E-state index contributed by atoms with van der Waals surface area (Å²) in [5.74, 6) is 6.23. The minimum Gasteiger partial charge on any atom is -0.271 e. The first-order chi connectivity index (χ1) is 10.4. The number of nitrogens with two attached hydrogens (primary N) is 1. The van der Waals surface area contributed by atoms with E-state index in [1.807, 2.05) is 30.6 Å². The van der Waals surface area contributed by atoms with Crippen LogP contribution in [0, 0.1) is 0 Å². The maximum absolute atomic E-state index is 5.83. The second-order valence-electron chi connectivity index (χ2n) is 5.68. The molecule has 3 rings (SSSR count). The lowest BCUT2D eigenvalue weighted by Gasteiger charge is -2.31. The van der Waals surface area contributed by atoms with Gasteiger partial charge >= 0.3 is 0 Å². The summed E-state index contributed by atoms with van der Waals surface area (Å²) in [6.45, 7) is 0. The van der Waals surface area contributed by atoms with Crippen LogP contribution in [-0.2, 0) is 12.8 Å². The molecule has 0 saturated carbocycles. The van der Waals surface area contributed by atoms with E-state index in [1.54, 1.807) is 0 Å². The maximum atomic E-state index is 5.83. The maximum Gasteiger partial charge on any atom is 0.0482 e. The van der Waals surface area contributed by atoms with Crippen LogP contribution in [0.3, 0.4) is 0 Å². The molecule has 4 nitrogen and oxygen atoms in total. The Kier molecular flexibility index (Phi) is 4.58. The van der Waals surface area contributed by atoms with Crippen molar-refractivity contribution in [3.63, 3.8) is 0 Å². The summed E-state index contributed by atoms with van der Waals surface area (Å²) in [4.78, 5) is 9.00. The molecule has 1 aliphatic rings. The summed E-state index contributed by atoms with van der Waals surface area (Å²) in [6, 6.07) is 10.5. The van der Waals surface area contributed by atoms with Crippen LogP contribution in [0.1, 0.15) is 42.1 Å². The lowest BCUT2D eigenvalue weighted by Crippen LogP contribution is -2.41. The normalized spacial score (nSPS) is 19.0. The van der Waals surface area contributed by atoms with Crippen LogP contribution < -0.4 is 11.3 Å². The number of hydrogen-bond donors (Lipinski definition) is 2. The van der Waals surface area contributed by atoms with Gasteiger partial charge in [-0.05, 0) is 55.9 Å². The van der Waals surface area contributed by atoms with Gasteiger partial charge in [-0.2, -0.15) is 0 Å². The summed E-state index contributed by atoms with van der Waals surface area (Å²) < 4.78 is 0. The molecule has 0 spiro atoms. The number of hydrazine groups is 1. The van der Waals surface area contributed by atoms with Crippen molar-refractivity contribution in [2.45, 2.75) is 44.1 Å². The van der Waals surface area contributed by atoms with Gasteiger partial charge < -0.3 is 0 Å². The average Bonchev–Trinajstić information content (AvgIpc) is 2.56. The Morgan fingerprint density at radius 2 is 2.10 bits per heavy atom. The number of aromatic nitrogens is 2. The number of rotatable bonds is 5. The minimum absolute atomic E-state index is 0.251. The van der Waals surface area contributed by atoms with E-state index in [1.165, 1.54) is 17.7 Å². The Bertz CT molecular complexity index is 570. The summed E-state index contributed by atoms with van der Waals surface area (Å²) in [5.41, 5.74) is 6.75. The fourth-order valence-corrected chi connectivity index (χ4v) is 3.29. The van der Waals surface area contributed by atoms with E-state index in [0.717, 1.165) is 31.4 Å². The van der Waals surface area contributed by atoms with Crippen molar-refractivity contribution in [3.05, 3.63) is 59.7 Å². The summed E-state index contributed by atoms with van der Waals surface area (Å²) in [6.07, 6.45) is 9.16. The third-order valence-electron chi connectivity index (χ3n) is 4.38. The first-order valence-electron chi connectivity index (χ1n) is 7.68. The van der Waals surface area contributed by atoms with Crippen LogP contribution >= 0.6 is 0 Å². The van der Waals surface area contributed by atoms with Gasteiger partial charge in [-0.25, -0.2) is 0 Å². The zero-order chi connectivity index (χ0) is 14.5. The molecule has 2 unspecified atom stereocenters. The molecule has 4 heteroatoms. The van der Waals surface area contributed by atoms with E-state index in [-0.39, 0.29) is 6.04 Å². The third kappa shape index (κ3) is 3.28. The molecule has 1 aliphatic carbocycles. The molecule has 21 heavy (non-hydrogen) atoms. The van der Waals surface area contributed by atoms with Gasteiger partial charge in [0, 0.05) is 35.7 Å². The molecule has 0 saturated heterocycles. The summed E-state index contributed by atoms with van der Waals surface area (Å²) in [5, 5.41) is 0. The second kappa shape index (κ2) is 6.78. The highest BCUT2D eigenvalue weighted by Gasteiger charge is 2.28. The monoisotopic (exact) mass is 282 g/mol. The van der Waals surface area contributed by atoms with E-state index < -0.39 is 0 Å². The zero-order valence-electron chi connectivity index (χ0n) is 12.2. The van der Waals surface area contributed by atoms with Crippen molar-refractivity contribution in [3.8, 4) is 0 Å². The number of nitrogens with zero attached hydrogens (tertiary/aromatic N) is 2. The standard InChI is InChI=1S/C17H22N4/c18-21-16(10-9-14-7-1-2-11-19-14)15-8-3-5-13-6-4-12-20-17(13)15/h1-2,4,6-7,11-12,15-16,21H,3,5,8-10,18H2. The predicted octanol–water partition coefficient (Wildman–Crippen LogP) is 2.36. The molecule has 0 fully saturated rings. The average molecular weight is 282 g/mol. The predicted molar refractivity (Wildman–Crippen MR) is 83.6 cm³/mol. The third-order valence-corrected chi connectivity index (χ3v) is 4.38. The van der Waals surface area contributed by atoms with Crippen LogP contribution in [-0.4, -0.2) is 16.0 Å². The highest BCUT2D eigenvalue weighted by Crippen LogP contribution is 2.33. The molecule has 2 aromatic rings. The molecule has 3 N–H and O–H groups in total. The highest BCUT2D eigenvalue weighted by atomic mass is 15.2. The van der Waals surface area contributed by atoms with Crippen molar-refractivity contribution in [2.75, 3.05) is 0 Å². The molecule has 0 amide bonds. The lowest BCUT2D eigenvalue weighted by molar-refractivity contribution is 0.370. The number of pyridine rings is 2. The second-order valence-corrected chi connectivity index (χ2v) is 5.68. The van der Waals surface area contributed by atoms with Crippen molar-refractivity contribution < 1.29 is 0 Å². The van der Waals surface area contributed by atoms with E-state index in [2.05, 4.69) is 27.5 Å². The van der Waals surface area contributed by atoms with Crippen LogP contribution in [0.15, 0.2) is 42.7 Å². The van der Waals surface area contributed by atoms with Gasteiger partial charge in [0.2, 0.25) is 0 Å². The molecule has 110 valence electrons. The Morgan fingerprint density at radius 1 is 1.19 bits per heavy atom. The molecule has 0 aromatic carbocycles. The van der Waals surface area contributed by atoms with Crippen molar-refractivity contribution in [2.24, 2.45) is 5.84 Å². The molecule has 0 bridgehead atoms. The summed E-state index contributed by atoms with van der Waals surface area (Å²) in [7, 11) is 0. The smallest absolute Gasteiger partial charge is 0.0482 e. The van der Waals surface area contributed by atoms with E-state index in [9.17, 15) is 0 Å². The molecule has 2 atom stereocenters. The zero-order valence-corrected chi connectivity index (χ0v) is 12.2.